The molecule has 0 saturated heterocycles. The van der Waals surface area contributed by atoms with E-state index in [1.54, 1.807) is 69.3 Å². The van der Waals surface area contributed by atoms with Gasteiger partial charge in [-0.3, -0.25) is 5.32 Å². The molecule has 0 radical (unpaired) electrons. The van der Waals surface area contributed by atoms with Crippen molar-refractivity contribution in [1.29, 1.82) is 0 Å². The first-order valence-electron chi connectivity index (χ1n) is 9.88. The number of pyridine rings is 1. The van der Waals surface area contributed by atoms with Crippen LogP contribution < -0.4 is 10.1 Å². The summed E-state index contributed by atoms with van der Waals surface area (Å²) in [5.74, 6) is -0.0646. The van der Waals surface area contributed by atoms with Gasteiger partial charge in [-0.25, -0.2) is 14.6 Å². The standard InChI is InChI=1S/C24H22Cl2N2O5/c1-24(2,3)33-23(30)28-19(22(29)31-4)13-14-8-10-18-15(12-14)9-11-20(27-18)32-21-16(25)6-5-7-17(21)26/h5-13H,1-4H3,(H,28,30)/b19-13+. The molecule has 0 aliphatic rings. The molecular formula is C24H22Cl2N2O5. The predicted molar refractivity (Wildman–Crippen MR) is 128 cm³/mol. The number of para-hydroxylation sites is 1. The molecule has 0 aliphatic carbocycles. The molecule has 172 valence electrons. The smallest absolute Gasteiger partial charge is 0.412 e. The van der Waals surface area contributed by atoms with Crippen LogP contribution in [0.15, 0.2) is 54.2 Å². The van der Waals surface area contributed by atoms with Crippen molar-refractivity contribution >= 4 is 52.2 Å². The van der Waals surface area contributed by atoms with Gasteiger partial charge in [0.15, 0.2) is 5.75 Å². The number of carbonyl (C=O) groups excluding carboxylic acids is 2. The van der Waals surface area contributed by atoms with Crippen molar-refractivity contribution in [3.63, 3.8) is 0 Å². The monoisotopic (exact) mass is 488 g/mol. The van der Waals surface area contributed by atoms with Crippen LogP contribution in [0.1, 0.15) is 26.3 Å². The Morgan fingerprint density at radius 1 is 1.03 bits per heavy atom. The first-order chi connectivity index (χ1) is 15.6. The fraction of sp³-hybridized carbons (Fsp3) is 0.208. The Balaban J connectivity index is 1.87. The Morgan fingerprint density at radius 3 is 2.36 bits per heavy atom. The quantitative estimate of drug-likeness (QED) is 0.331. The minimum absolute atomic E-state index is 0.0626. The lowest BCUT2D eigenvalue weighted by atomic mass is 10.1. The zero-order chi connectivity index (χ0) is 24.2. The SMILES string of the molecule is COC(=O)/C(=C\c1ccc2nc(Oc3c(Cl)cccc3Cl)ccc2c1)NC(=O)OC(C)(C)C. The van der Waals surface area contributed by atoms with Crippen molar-refractivity contribution < 1.29 is 23.8 Å². The number of nitrogens with one attached hydrogen (secondary N) is 1. The van der Waals surface area contributed by atoms with Crippen LogP contribution in [0.4, 0.5) is 4.79 Å². The molecule has 1 heterocycles. The van der Waals surface area contributed by atoms with Crippen LogP contribution in [-0.2, 0) is 14.3 Å². The second kappa shape index (κ2) is 10.1. The van der Waals surface area contributed by atoms with Gasteiger partial charge in [-0.1, -0.05) is 35.3 Å². The van der Waals surface area contributed by atoms with E-state index in [2.05, 4.69) is 10.3 Å². The molecule has 0 fully saturated rings. The van der Waals surface area contributed by atoms with Gasteiger partial charge >= 0.3 is 12.1 Å². The largest absolute Gasteiger partial charge is 0.464 e. The van der Waals surface area contributed by atoms with E-state index >= 15 is 0 Å². The summed E-state index contributed by atoms with van der Waals surface area (Å²) in [6.45, 7) is 5.17. The number of benzene rings is 2. The molecule has 2 aromatic carbocycles. The van der Waals surface area contributed by atoms with Gasteiger partial charge in [0.1, 0.15) is 11.3 Å². The summed E-state index contributed by atoms with van der Waals surface area (Å²) in [6, 6.07) is 13.8. The normalized spacial score (nSPS) is 11.8. The zero-order valence-electron chi connectivity index (χ0n) is 18.4. The number of aromatic nitrogens is 1. The fourth-order valence-electron chi connectivity index (χ4n) is 2.79. The van der Waals surface area contributed by atoms with Gasteiger partial charge in [-0.2, -0.15) is 0 Å². The van der Waals surface area contributed by atoms with Crippen molar-refractivity contribution in [2.45, 2.75) is 26.4 Å². The van der Waals surface area contributed by atoms with E-state index in [9.17, 15) is 9.59 Å². The molecule has 3 rings (SSSR count). The second-order valence-electron chi connectivity index (χ2n) is 7.93. The third-order valence-corrected chi connectivity index (χ3v) is 4.76. The Bertz CT molecular complexity index is 1210. The number of halogens is 2. The molecule has 0 atom stereocenters. The van der Waals surface area contributed by atoms with Gasteiger partial charge in [0, 0.05) is 11.5 Å². The molecule has 0 bridgehead atoms. The van der Waals surface area contributed by atoms with Gasteiger partial charge in [0.2, 0.25) is 5.88 Å². The third kappa shape index (κ3) is 6.60. The molecular weight excluding hydrogens is 467 g/mol. The maximum Gasteiger partial charge on any atom is 0.412 e. The van der Waals surface area contributed by atoms with E-state index in [1.165, 1.54) is 13.2 Å². The number of esters is 1. The molecule has 0 spiro atoms. The average molecular weight is 489 g/mol. The van der Waals surface area contributed by atoms with Crippen LogP contribution >= 0.6 is 23.2 Å². The van der Waals surface area contributed by atoms with Crippen LogP contribution in [0, 0.1) is 0 Å². The van der Waals surface area contributed by atoms with Gasteiger partial charge in [-0.05, 0) is 62.7 Å². The van der Waals surface area contributed by atoms with E-state index in [-0.39, 0.29) is 5.70 Å². The Morgan fingerprint density at radius 2 is 1.73 bits per heavy atom. The van der Waals surface area contributed by atoms with Gasteiger partial charge < -0.3 is 14.2 Å². The van der Waals surface area contributed by atoms with Gasteiger partial charge in [-0.15, -0.1) is 0 Å². The number of amides is 1. The summed E-state index contributed by atoms with van der Waals surface area (Å²) in [4.78, 5) is 28.7. The van der Waals surface area contributed by atoms with Crippen LogP contribution in [-0.4, -0.2) is 29.8 Å². The maximum absolute atomic E-state index is 12.1. The summed E-state index contributed by atoms with van der Waals surface area (Å²) in [5, 5.41) is 3.96. The lowest BCUT2D eigenvalue weighted by Crippen LogP contribution is -2.34. The molecule has 1 N–H and O–H groups in total. The van der Waals surface area contributed by atoms with Gasteiger partial charge in [0.05, 0.1) is 22.7 Å². The topological polar surface area (TPSA) is 86.8 Å². The lowest BCUT2D eigenvalue weighted by molar-refractivity contribution is -0.136. The van der Waals surface area contributed by atoms with Crippen molar-refractivity contribution in [3.8, 4) is 11.6 Å². The maximum atomic E-state index is 12.1. The number of alkyl carbamates (subject to hydrolysis) is 1. The molecule has 0 saturated carbocycles. The Kier molecular flexibility index (Phi) is 7.46. The summed E-state index contributed by atoms with van der Waals surface area (Å²) in [5.41, 5.74) is 0.511. The number of carbonyl (C=O) groups is 2. The minimum Gasteiger partial charge on any atom is -0.464 e. The molecule has 33 heavy (non-hydrogen) atoms. The summed E-state index contributed by atoms with van der Waals surface area (Å²) >= 11 is 12.3. The number of methoxy groups -OCH3 is 1. The highest BCUT2D eigenvalue weighted by Gasteiger charge is 2.20. The Hall–Kier alpha value is -3.29. The molecule has 7 nitrogen and oxygen atoms in total. The highest BCUT2D eigenvalue weighted by Crippen LogP contribution is 2.35. The van der Waals surface area contributed by atoms with E-state index < -0.39 is 17.7 Å². The minimum atomic E-state index is -0.762. The lowest BCUT2D eigenvalue weighted by Gasteiger charge is -2.20. The van der Waals surface area contributed by atoms with Crippen LogP contribution in [0.25, 0.3) is 17.0 Å². The number of hydrogen-bond acceptors (Lipinski definition) is 6. The summed E-state index contributed by atoms with van der Waals surface area (Å²) < 4.78 is 15.7. The molecule has 1 aromatic heterocycles. The number of nitrogens with zero attached hydrogens (tertiary/aromatic N) is 1. The molecule has 0 aliphatic heterocycles. The third-order valence-electron chi connectivity index (χ3n) is 4.17. The number of fused-ring (bicyclic) bond motifs is 1. The van der Waals surface area contributed by atoms with Crippen molar-refractivity contribution in [1.82, 2.24) is 10.3 Å². The predicted octanol–water partition coefficient (Wildman–Crippen LogP) is 6.37. The van der Waals surface area contributed by atoms with E-state index in [1.807, 2.05) is 0 Å². The summed E-state index contributed by atoms with van der Waals surface area (Å²) in [6.07, 6.45) is 0.727. The van der Waals surface area contributed by atoms with Crippen molar-refractivity contribution in [2.24, 2.45) is 0 Å². The first kappa shape index (κ1) is 24.4. The molecule has 1 amide bonds. The first-order valence-corrected chi connectivity index (χ1v) is 10.6. The van der Waals surface area contributed by atoms with Crippen LogP contribution in [0.5, 0.6) is 11.6 Å². The van der Waals surface area contributed by atoms with E-state index in [0.29, 0.717) is 32.8 Å². The van der Waals surface area contributed by atoms with Crippen LogP contribution in [0.2, 0.25) is 10.0 Å². The highest BCUT2D eigenvalue weighted by atomic mass is 35.5. The number of hydrogen-bond donors (Lipinski definition) is 1. The Labute approximate surface area is 201 Å². The average Bonchev–Trinajstić information content (AvgIpc) is 2.74. The van der Waals surface area contributed by atoms with Crippen molar-refractivity contribution in [3.05, 3.63) is 69.8 Å². The molecule has 3 aromatic rings. The number of rotatable bonds is 5. The number of ether oxygens (including phenoxy) is 3. The van der Waals surface area contributed by atoms with E-state index in [0.717, 1.165) is 5.39 Å². The highest BCUT2D eigenvalue weighted by molar-refractivity contribution is 6.37. The fourth-order valence-corrected chi connectivity index (χ4v) is 3.27. The zero-order valence-corrected chi connectivity index (χ0v) is 20.0. The van der Waals surface area contributed by atoms with Crippen molar-refractivity contribution in [2.75, 3.05) is 7.11 Å². The van der Waals surface area contributed by atoms with Gasteiger partial charge in [0.25, 0.3) is 0 Å². The summed E-state index contributed by atoms with van der Waals surface area (Å²) in [7, 11) is 1.23. The van der Waals surface area contributed by atoms with Crippen LogP contribution in [0.3, 0.4) is 0 Å². The molecule has 9 heteroatoms. The second-order valence-corrected chi connectivity index (χ2v) is 8.75. The van der Waals surface area contributed by atoms with E-state index in [4.69, 9.17) is 37.4 Å². The molecule has 0 unspecified atom stereocenters.